The fraction of sp³-hybridized carbons (Fsp3) is 0.192. The van der Waals surface area contributed by atoms with Gasteiger partial charge in [0.15, 0.2) is 0 Å². The minimum atomic E-state index is -0.300. The van der Waals surface area contributed by atoms with Crippen LogP contribution in [0, 0.1) is 12.7 Å². The molecule has 168 valence electrons. The SMILES string of the molecule is C/C=N/N(C1=C(C)CCc2ccc(NC(=O)c3cnc(Cl)cc3C)cc21)c1ccc(F)cc1. The molecule has 0 radical (unpaired) electrons. The van der Waals surface area contributed by atoms with E-state index in [1.807, 2.05) is 37.1 Å². The first-order chi connectivity index (χ1) is 15.9. The Hall–Kier alpha value is -3.51. The molecule has 1 aromatic heterocycles. The molecule has 0 atom stereocenters. The highest BCUT2D eigenvalue weighted by Crippen LogP contribution is 2.38. The number of allylic oxidation sites excluding steroid dienone is 1. The summed E-state index contributed by atoms with van der Waals surface area (Å²) in [5, 5.41) is 9.72. The standard InChI is InChI=1S/C26H24ClFN4O/c1-4-30-32(21-11-8-19(28)9-12-21)25-16(2)5-6-18-7-10-20(14-22(18)25)31-26(33)23-15-29-24(27)13-17(23)3/h4,7-15H,5-6H2,1-3H3,(H,31,33)/b30-4+. The summed E-state index contributed by atoms with van der Waals surface area (Å²) in [5.41, 5.74) is 6.89. The summed E-state index contributed by atoms with van der Waals surface area (Å²) in [7, 11) is 0. The number of benzene rings is 2. The molecule has 0 spiro atoms. The number of halogens is 2. The summed E-state index contributed by atoms with van der Waals surface area (Å²) < 4.78 is 13.5. The highest BCUT2D eigenvalue weighted by molar-refractivity contribution is 6.29. The summed E-state index contributed by atoms with van der Waals surface area (Å²) in [4.78, 5) is 16.9. The van der Waals surface area contributed by atoms with E-state index in [0.717, 1.165) is 40.9 Å². The molecular formula is C26H24ClFN4O. The fourth-order valence-corrected chi connectivity index (χ4v) is 4.18. The van der Waals surface area contributed by atoms with E-state index in [4.69, 9.17) is 11.6 Å². The van der Waals surface area contributed by atoms with E-state index in [2.05, 4.69) is 22.3 Å². The summed E-state index contributed by atoms with van der Waals surface area (Å²) in [6.07, 6.45) is 4.97. The monoisotopic (exact) mass is 462 g/mol. The molecular weight excluding hydrogens is 439 g/mol. The lowest BCUT2D eigenvalue weighted by Gasteiger charge is -2.30. The number of anilines is 2. The van der Waals surface area contributed by atoms with Gasteiger partial charge in [0, 0.05) is 23.7 Å². The number of carbonyl (C=O) groups is 1. The highest BCUT2D eigenvalue weighted by Gasteiger charge is 2.24. The Morgan fingerprint density at radius 3 is 2.61 bits per heavy atom. The molecule has 3 aromatic rings. The topological polar surface area (TPSA) is 57.6 Å². The van der Waals surface area contributed by atoms with Crippen LogP contribution in [0.1, 0.15) is 47.3 Å². The third kappa shape index (κ3) is 4.81. The van der Waals surface area contributed by atoms with Crippen LogP contribution < -0.4 is 10.3 Å². The number of nitrogens with zero attached hydrogens (tertiary/aromatic N) is 3. The molecule has 0 bridgehead atoms. The van der Waals surface area contributed by atoms with Gasteiger partial charge in [0.1, 0.15) is 11.0 Å². The van der Waals surface area contributed by atoms with Crippen LogP contribution in [0.15, 0.2) is 65.4 Å². The molecule has 1 amide bonds. The molecule has 33 heavy (non-hydrogen) atoms. The zero-order valence-corrected chi connectivity index (χ0v) is 19.4. The second-order valence-electron chi connectivity index (χ2n) is 7.94. The second-order valence-corrected chi connectivity index (χ2v) is 8.33. The number of pyridine rings is 1. The predicted molar refractivity (Wildman–Crippen MR) is 132 cm³/mol. The number of amides is 1. The van der Waals surface area contributed by atoms with Crippen molar-refractivity contribution in [3.63, 3.8) is 0 Å². The Bertz CT molecular complexity index is 1270. The molecule has 0 saturated carbocycles. The average Bonchev–Trinajstić information content (AvgIpc) is 2.78. The highest BCUT2D eigenvalue weighted by atomic mass is 35.5. The largest absolute Gasteiger partial charge is 0.322 e. The Balaban J connectivity index is 1.72. The van der Waals surface area contributed by atoms with Crippen LogP contribution in [0.5, 0.6) is 0 Å². The van der Waals surface area contributed by atoms with Crippen LogP contribution in [0.4, 0.5) is 15.8 Å². The molecule has 1 N–H and O–H groups in total. The van der Waals surface area contributed by atoms with Crippen LogP contribution in [-0.2, 0) is 6.42 Å². The molecule has 1 heterocycles. The number of aryl methyl sites for hydroxylation is 2. The number of nitrogens with one attached hydrogen (secondary N) is 1. The van der Waals surface area contributed by atoms with E-state index in [0.29, 0.717) is 16.4 Å². The maximum atomic E-state index is 13.5. The van der Waals surface area contributed by atoms with Gasteiger partial charge in [-0.15, -0.1) is 0 Å². The molecule has 5 nitrogen and oxygen atoms in total. The van der Waals surface area contributed by atoms with Gasteiger partial charge in [-0.1, -0.05) is 17.7 Å². The Morgan fingerprint density at radius 1 is 1.15 bits per heavy atom. The van der Waals surface area contributed by atoms with Gasteiger partial charge in [0.25, 0.3) is 5.91 Å². The number of hydrogen-bond donors (Lipinski definition) is 1. The van der Waals surface area contributed by atoms with Crippen LogP contribution >= 0.6 is 11.6 Å². The zero-order valence-electron chi connectivity index (χ0n) is 18.7. The lowest BCUT2D eigenvalue weighted by molar-refractivity contribution is 0.102. The van der Waals surface area contributed by atoms with Crippen molar-refractivity contribution in [3.8, 4) is 0 Å². The summed E-state index contributed by atoms with van der Waals surface area (Å²) in [6.45, 7) is 5.74. The van der Waals surface area contributed by atoms with Gasteiger partial charge in [-0.25, -0.2) is 14.4 Å². The molecule has 0 unspecified atom stereocenters. The van der Waals surface area contributed by atoms with E-state index in [1.54, 1.807) is 24.4 Å². The first kappa shape index (κ1) is 22.7. The maximum absolute atomic E-state index is 13.5. The molecule has 1 aliphatic carbocycles. The number of hydrogen-bond acceptors (Lipinski definition) is 4. The van der Waals surface area contributed by atoms with E-state index in [9.17, 15) is 9.18 Å². The van der Waals surface area contributed by atoms with Gasteiger partial charge < -0.3 is 5.32 Å². The number of hydrazone groups is 1. The van der Waals surface area contributed by atoms with Crippen molar-refractivity contribution in [2.75, 3.05) is 10.3 Å². The van der Waals surface area contributed by atoms with Gasteiger partial charge in [0.2, 0.25) is 0 Å². The van der Waals surface area contributed by atoms with Gasteiger partial charge in [-0.3, -0.25) is 4.79 Å². The smallest absolute Gasteiger partial charge is 0.257 e. The number of fused-ring (bicyclic) bond motifs is 1. The van der Waals surface area contributed by atoms with Crippen molar-refractivity contribution < 1.29 is 9.18 Å². The molecule has 0 saturated heterocycles. The minimum Gasteiger partial charge on any atom is -0.322 e. The molecule has 1 aliphatic rings. The van der Waals surface area contributed by atoms with Crippen LogP contribution in [0.2, 0.25) is 5.15 Å². The molecule has 2 aromatic carbocycles. The van der Waals surface area contributed by atoms with E-state index >= 15 is 0 Å². The second kappa shape index (κ2) is 9.55. The lowest BCUT2D eigenvalue weighted by Crippen LogP contribution is -2.21. The molecule has 0 aliphatic heterocycles. The first-order valence-corrected chi connectivity index (χ1v) is 11.1. The van der Waals surface area contributed by atoms with Gasteiger partial charge in [-0.05, 0) is 92.8 Å². The molecule has 0 fully saturated rings. The number of rotatable bonds is 5. The zero-order chi connectivity index (χ0) is 23.5. The van der Waals surface area contributed by atoms with Crippen LogP contribution in [0.3, 0.4) is 0 Å². The van der Waals surface area contributed by atoms with Crippen LogP contribution in [0.25, 0.3) is 5.70 Å². The van der Waals surface area contributed by atoms with Gasteiger partial charge >= 0.3 is 0 Å². The van der Waals surface area contributed by atoms with E-state index < -0.39 is 0 Å². The minimum absolute atomic E-state index is 0.253. The number of aromatic nitrogens is 1. The quantitative estimate of drug-likeness (QED) is 0.263. The molecule has 4 rings (SSSR count). The van der Waals surface area contributed by atoms with Crippen LogP contribution in [-0.4, -0.2) is 17.1 Å². The van der Waals surface area contributed by atoms with Gasteiger partial charge in [0.05, 0.1) is 16.9 Å². The summed E-state index contributed by atoms with van der Waals surface area (Å²) >= 11 is 5.92. The van der Waals surface area contributed by atoms with Crippen molar-refractivity contribution in [2.24, 2.45) is 5.10 Å². The Morgan fingerprint density at radius 2 is 1.91 bits per heavy atom. The van der Waals surface area contributed by atoms with Crippen molar-refractivity contribution in [2.45, 2.75) is 33.6 Å². The fourth-order valence-electron chi connectivity index (χ4n) is 3.97. The Labute approximate surface area is 197 Å². The Kier molecular flexibility index (Phi) is 6.56. The van der Waals surface area contributed by atoms with Crippen molar-refractivity contribution in [1.29, 1.82) is 0 Å². The third-order valence-electron chi connectivity index (χ3n) is 5.63. The van der Waals surface area contributed by atoms with Crippen molar-refractivity contribution in [3.05, 3.63) is 93.5 Å². The predicted octanol–water partition coefficient (Wildman–Crippen LogP) is 6.62. The third-order valence-corrected chi connectivity index (χ3v) is 5.84. The summed E-state index contributed by atoms with van der Waals surface area (Å²) in [6, 6.07) is 13.8. The lowest BCUT2D eigenvalue weighted by atomic mass is 9.89. The normalized spacial score (nSPS) is 13.2. The average molecular weight is 463 g/mol. The van der Waals surface area contributed by atoms with Crippen molar-refractivity contribution in [1.82, 2.24) is 4.98 Å². The maximum Gasteiger partial charge on any atom is 0.257 e. The van der Waals surface area contributed by atoms with Gasteiger partial charge in [-0.2, -0.15) is 5.10 Å². The first-order valence-electron chi connectivity index (χ1n) is 10.7. The van der Waals surface area contributed by atoms with E-state index in [1.165, 1.54) is 23.9 Å². The summed E-state index contributed by atoms with van der Waals surface area (Å²) in [5.74, 6) is -0.553. The van der Waals surface area contributed by atoms with Crippen molar-refractivity contribution >= 4 is 40.8 Å². The van der Waals surface area contributed by atoms with E-state index in [-0.39, 0.29) is 11.7 Å². The number of carbonyl (C=O) groups excluding carboxylic acids is 1. The molecule has 7 heteroatoms.